The number of hydrogen-bond donors (Lipinski definition) is 1. The molecule has 1 amide bonds. The van der Waals surface area contributed by atoms with E-state index < -0.39 is 9.84 Å². The van der Waals surface area contributed by atoms with Gasteiger partial charge in [-0.05, 0) is 42.0 Å². The van der Waals surface area contributed by atoms with Crippen LogP contribution in [0.25, 0.3) is 0 Å². The zero-order valence-electron chi connectivity index (χ0n) is 13.2. The molecule has 0 spiro atoms. The number of rotatable bonds is 7. The zero-order valence-corrected chi connectivity index (χ0v) is 14.7. The van der Waals surface area contributed by atoms with Crippen molar-refractivity contribution in [2.45, 2.75) is 17.9 Å². The van der Waals surface area contributed by atoms with E-state index in [9.17, 15) is 13.2 Å². The van der Waals surface area contributed by atoms with Crippen LogP contribution in [-0.4, -0.2) is 27.2 Å². The number of halogens is 1. The van der Waals surface area contributed by atoms with Crippen molar-refractivity contribution in [3.8, 4) is 5.75 Å². The predicted octanol–water partition coefficient (Wildman–Crippen LogP) is 2.83. The summed E-state index contributed by atoms with van der Waals surface area (Å²) in [6.45, 7) is 0.332. The molecule has 2 aromatic rings. The minimum Gasteiger partial charge on any atom is -0.497 e. The molecular weight excluding hydrogens is 350 g/mol. The highest BCUT2D eigenvalue weighted by atomic mass is 35.5. The van der Waals surface area contributed by atoms with Gasteiger partial charge in [-0.2, -0.15) is 0 Å². The van der Waals surface area contributed by atoms with Crippen LogP contribution in [0.2, 0.25) is 5.02 Å². The van der Waals surface area contributed by atoms with E-state index in [4.69, 9.17) is 16.3 Å². The largest absolute Gasteiger partial charge is 0.497 e. The predicted molar refractivity (Wildman–Crippen MR) is 93.0 cm³/mol. The lowest BCUT2D eigenvalue weighted by Gasteiger charge is -2.07. The minimum atomic E-state index is -3.50. The van der Waals surface area contributed by atoms with Crippen LogP contribution in [0.15, 0.2) is 53.4 Å². The number of amides is 1. The Kier molecular flexibility index (Phi) is 6.23. The Balaban J connectivity index is 1.86. The third kappa shape index (κ3) is 5.25. The van der Waals surface area contributed by atoms with E-state index in [1.54, 1.807) is 36.4 Å². The van der Waals surface area contributed by atoms with E-state index in [0.29, 0.717) is 17.3 Å². The van der Waals surface area contributed by atoms with Crippen molar-refractivity contribution >= 4 is 27.3 Å². The van der Waals surface area contributed by atoms with E-state index in [2.05, 4.69) is 5.32 Å². The lowest BCUT2D eigenvalue weighted by Crippen LogP contribution is -2.25. The number of ether oxygens (including phenoxy) is 1. The highest BCUT2D eigenvalue weighted by molar-refractivity contribution is 7.91. The van der Waals surface area contributed by atoms with Gasteiger partial charge in [-0.15, -0.1) is 0 Å². The number of nitrogens with one attached hydrogen (secondary N) is 1. The molecular formula is C17H18ClNO4S. The van der Waals surface area contributed by atoms with Crippen molar-refractivity contribution in [2.75, 3.05) is 12.9 Å². The maximum Gasteiger partial charge on any atom is 0.221 e. The lowest BCUT2D eigenvalue weighted by molar-refractivity contribution is -0.120. The third-order valence-electron chi connectivity index (χ3n) is 3.42. The molecule has 0 aliphatic rings. The first-order valence-electron chi connectivity index (χ1n) is 7.29. The zero-order chi connectivity index (χ0) is 17.6. The second kappa shape index (κ2) is 8.17. The first-order valence-corrected chi connectivity index (χ1v) is 9.32. The summed E-state index contributed by atoms with van der Waals surface area (Å²) < 4.78 is 29.4. The smallest absolute Gasteiger partial charge is 0.221 e. The van der Waals surface area contributed by atoms with Crippen LogP contribution < -0.4 is 10.1 Å². The molecule has 128 valence electrons. The molecule has 0 aliphatic carbocycles. The SMILES string of the molecule is COc1ccc(S(=O)(=O)CCC(=O)NCc2ccc(Cl)cc2)cc1. The van der Waals surface area contributed by atoms with Gasteiger partial charge >= 0.3 is 0 Å². The molecule has 0 radical (unpaired) electrons. The van der Waals surface area contributed by atoms with Gasteiger partial charge in [-0.25, -0.2) is 8.42 Å². The quantitative estimate of drug-likeness (QED) is 0.816. The second-order valence-electron chi connectivity index (χ2n) is 5.15. The summed E-state index contributed by atoms with van der Waals surface area (Å²) in [6, 6.07) is 13.2. The maximum absolute atomic E-state index is 12.2. The van der Waals surface area contributed by atoms with Crippen LogP contribution in [0, 0.1) is 0 Å². The highest BCUT2D eigenvalue weighted by Gasteiger charge is 2.16. The Labute approximate surface area is 146 Å². The van der Waals surface area contributed by atoms with Crippen LogP contribution in [0.1, 0.15) is 12.0 Å². The lowest BCUT2D eigenvalue weighted by atomic mass is 10.2. The van der Waals surface area contributed by atoms with Gasteiger partial charge in [-0.1, -0.05) is 23.7 Å². The Morgan fingerprint density at radius 3 is 2.29 bits per heavy atom. The van der Waals surface area contributed by atoms with Gasteiger partial charge in [0.2, 0.25) is 5.91 Å². The average molecular weight is 368 g/mol. The van der Waals surface area contributed by atoms with Crippen LogP contribution >= 0.6 is 11.6 Å². The molecule has 0 aliphatic heterocycles. The fraction of sp³-hybridized carbons (Fsp3) is 0.235. The standard InChI is InChI=1S/C17H18ClNO4S/c1-23-15-6-8-16(9-7-15)24(21,22)11-10-17(20)19-12-13-2-4-14(18)5-3-13/h2-9H,10-12H2,1H3,(H,19,20). The maximum atomic E-state index is 12.2. The third-order valence-corrected chi connectivity index (χ3v) is 5.40. The fourth-order valence-electron chi connectivity index (χ4n) is 2.02. The Hall–Kier alpha value is -2.05. The van der Waals surface area contributed by atoms with E-state index in [1.165, 1.54) is 19.2 Å². The first kappa shape index (κ1) is 18.3. The molecule has 2 rings (SSSR count). The second-order valence-corrected chi connectivity index (χ2v) is 7.69. The van der Waals surface area contributed by atoms with Crippen LogP contribution in [-0.2, 0) is 21.2 Å². The number of benzene rings is 2. The Bertz CT molecular complexity index is 786. The molecule has 0 aromatic heterocycles. The van der Waals surface area contributed by atoms with Gasteiger partial charge in [0.25, 0.3) is 0 Å². The molecule has 0 atom stereocenters. The topological polar surface area (TPSA) is 72.5 Å². The number of carbonyl (C=O) groups is 1. The molecule has 24 heavy (non-hydrogen) atoms. The molecule has 0 saturated carbocycles. The fourth-order valence-corrected chi connectivity index (χ4v) is 3.39. The number of hydrogen-bond acceptors (Lipinski definition) is 4. The molecule has 0 heterocycles. The first-order chi connectivity index (χ1) is 11.4. The van der Waals surface area contributed by atoms with Gasteiger partial charge in [-0.3, -0.25) is 4.79 Å². The Morgan fingerprint density at radius 1 is 1.08 bits per heavy atom. The normalized spacial score (nSPS) is 11.1. The van der Waals surface area contributed by atoms with Gasteiger partial charge in [0.15, 0.2) is 9.84 Å². The number of carbonyl (C=O) groups excluding carboxylic acids is 1. The van der Waals surface area contributed by atoms with Gasteiger partial charge in [0, 0.05) is 18.0 Å². The van der Waals surface area contributed by atoms with Gasteiger partial charge in [0.05, 0.1) is 17.8 Å². The van der Waals surface area contributed by atoms with Crippen molar-refractivity contribution in [2.24, 2.45) is 0 Å². The van der Waals surface area contributed by atoms with Crippen LogP contribution in [0.4, 0.5) is 0 Å². The molecule has 0 saturated heterocycles. The van der Waals surface area contributed by atoms with Crippen molar-refractivity contribution in [3.63, 3.8) is 0 Å². The van der Waals surface area contributed by atoms with Crippen molar-refractivity contribution < 1.29 is 17.9 Å². The van der Waals surface area contributed by atoms with E-state index >= 15 is 0 Å². The van der Waals surface area contributed by atoms with Crippen molar-refractivity contribution in [1.82, 2.24) is 5.32 Å². The summed E-state index contributed by atoms with van der Waals surface area (Å²) in [5.41, 5.74) is 0.894. The molecule has 5 nitrogen and oxygen atoms in total. The monoisotopic (exact) mass is 367 g/mol. The minimum absolute atomic E-state index is 0.0953. The summed E-state index contributed by atoms with van der Waals surface area (Å²) >= 11 is 5.79. The molecule has 0 fully saturated rings. The molecule has 0 unspecified atom stereocenters. The summed E-state index contributed by atoms with van der Waals surface area (Å²) in [7, 11) is -1.99. The molecule has 7 heteroatoms. The van der Waals surface area contributed by atoms with E-state index in [-0.39, 0.29) is 23.0 Å². The van der Waals surface area contributed by atoms with E-state index in [1.807, 2.05) is 0 Å². The Morgan fingerprint density at radius 2 is 1.71 bits per heavy atom. The van der Waals surface area contributed by atoms with Crippen molar-refractivity contribution in [1.29, 1.82) is 0 Å². The summed E-state index contributed by atoms with van der Waals surface area (Å²) in [4.78, 5) is 12.0. The highest BCUT2D eigenvalue weighted by Crippen LogP contribution is 2.17. The number of methoxy groups -OCH3 is 1. The number of sulfone groups is 1. The van der Waals surface area contributed by atoms with E-state index in [0.717, 1.165) is 5.56 Å². The van der Waals surface area contributed by atoms with Gasteiger partial charge in [0.1, 0.15) is 5.75 Å². The molecule has 1 N–H and O–H groups in total. The van der Waals surface area contributed by atoms with Crippen LogP contribution in [0.3, 0.4) is 0 Å². The van der Waals surface area contributed by atoms with Crippen LogP contribution in [0.5, 0.6) is 5.75 Å². The summed E-state index contributed by atoms with van der Waals surface area (Å²) in [5.74, 6) is 0.0166. The van der Waals surface area contributed by atoms with Crippen molar-refractivity contribution in [3.05, 3.63) is 59.1 Å². The molecule has 2 aromatic carbocycles. The van der Waals surface area contributed by atoms with Gasteiger partial charge < -0.3 is 10.1 Å². The summed E-state index contributed by atoms with van der Waals surface area (Å²) in [6.07, 6.45) is -0.0953. The average Bonchev–Trinajstić information content (AvgIpc) is 2.59. The molecule has 0 bridgehead atoms. The summed E-state index contributed by atoms with van der Waals surface area (Å²) in [5, 5.41) is 3.32.